The van der Waals surface area contributed by atoms with E-state index < -0.39 is 26.5 Å². The number of sulfonamides is 1. The Kier molecular flexibility index (Phi) is 3.28. The zero-order valence-corrected chi connectivity index (χ0v) is 10.3. The molecule has 1 aromatic carbocycles. The molecule has 0 spiro atoms. The van der Waals surface area contributed by atoms with Crippen LogP contribution in [0, 0.1) is 0 Å². The second kappa shape index (κ2) is 4.75. The Morgan fingerprint density at radius 1 is 1.16 bits per heavy atom. The van der Waals surface area contributed by atoms with Crippen LogP contribution in [0.4, 0.5) is 0 Å². The fraction of sp³-hybridized carbons (Fsp3) is 0. The van der Waals surface area contributed by atoms with Crippen LogP contribution in [0.25, 0.3) is 11.4 Å². The SMILES string of the molecule is NS(=O)(=O)c1c(C(=O)O)cccc1-c1ncccn1. The van der Waals surface area contributed by atoms with E-state index in [4.69, 9.17) is 10.2 Å². The summed E-state index contributed by atoms with van der Waals surface area (Å²) >= 11 is 0. The van der Waals surface area contributed by atoms with Crippen molar-refractivity contribution in [2.75, 3.05) is 0 Å². The molecule has 0 aliphatic carbocycles. The van der Waals surface area contributed by atoms with Crippen LogP contribution < -0.4 is 5.14 Å². The largest absolute Gasteiger partial charge is 0.478 e. The normalized spacial score (nSPS) is 11.2. The fourth-order valence-electron chi connectivity index (χ4n) is 1.63. The molecule has 7 nitrogen and oxygen atoms in total. The van der Waals surface area contributed by atoms with E-state index in [9.17, 15) is 13.2 Å². The Hall–Kier alpha value is -2.32. The van der Waals surface area contributed by atoms with Gasteiger partial charge in [0.1, 0.15) is 4.90 Å². The highest BCUT2D eigenvalue weighted by molar-refractivity contribution is 7.89. The number of carboxylic acid groups (broad SMARTS) is 1. The summed E-state index contributed by atoms with van der Waals surface area (Å²) in [5, 5.41) is 14.1. The number of primary sulfonamides is 1. The standard InChI is InChI=1S/C11H9N3O4S/c12-19(17,18)9-7(10-13-5-2-6-14-10)3-1-4-8(9)11(15)16/h1-6H,(H,15,16)(H2,12,17,18). The predicted molar refractivity (Wildman–Crippen MR) is 65.8 cm³/mol. The molecule has 0 bridgehead atoms. The number of rotatable bonds is 3. The van der Waals surface area contributed by atoms with Gasteiger partial charge in [0.25, 0.3) is 0 Å². The molecule has 0 unspecified atom stereocenters. The summed E-state index contributed by atoms with van der Waals surface area (Å²) in [6, 6.07) is 5.53. The Bertz CT molecular complexity index is 729. The molecular formula is C11H9N3O4S. The number of nitrogens with zero attached hydrogens (tertiary/aromatic N) is 2. The van der Waals surface area contributed by atoms with Gasteiger partial charge in [0.15, 0.2) is 5.82 Å². The van der Waals surface area contributed by atoms with E-state index in [2.05, 4.69) is 9.97 Å². The first-order valence-electron chi connectivity index (χ1n) is 5.08. The third kappa shape index (κ3) is 2.59. The summed E-state index contributed by atoms with van der Waals surface area (Å²) in [6.45, 7) is 0. The molecule has 19 heavy (non-hydrogen) atoms. The van der Waals surface area contributed by atoms with Gasteiger partial charge < -0.3 is 5.11 Å². The van der Waals surface area contributed by atoms with E-state index in [1.807, 2.05) is 0 Å². The van der Waals surface area contributed by atoms with Crippen LogP contribution in [-0.4, -0.2) is 29.5 Å². The van der Waals surface area contributed by atoms with Crippen LogP contribution >= 0.6 is 0 Å². The van der Waals surface area contributed by atoms with E-state index in [1.54, 1.807) is 6.07 Å². The molecule has 2 aromatic rings. The number of aromatic carboxylic acids is 1. The van der Waals surface area contributed by atoms with Crippen molar-refractivity contribution in [2.24, 2.45) is 5.14 Å². The van der Waals surface area contributed by atoms with Gasteiger partial charge >= 0.3 is 5.97 Å². The van der Waals surface area contributed by atoms with Crippen LogP contribution in [0.2, 0.25) is 0 Å². The van der Waals surface area contributed by atoms with Gasteiger partial charge in [-0.25, -0.2) is 28.3 Å². The van der Waals surface area contributed by atoms with Crippen molar-refractivity contribution in [1.29, 1.82) is 0 Å². The maximum Gasteiger partial charge on any atom is 0.337 e. The van der Waals surface area contributed by atoms with Crippen LogP contribution in [0.15, 0.2) is 41.6 Å². The Morgan fingerprint density at radius 2 is 1.79 bits per heavy atom. The highest BCUT2D eigenvalue weighted by atomic mass is 32.2. The van der Waals surface area contributed by atoms with Crippen molar-refractivity contribution in [3.63, 3.8) is 0 Å². The number of hydrogen-bond donors (Lipinski definition) is 2. The minimum Gasteiger partial charge on any atom is -0.478 e. The molecule has 98 valence electrons. The predicted octanol–water partition coefficient (Wildman–Crippen LogP) is 0.489. The van der Waals surface area contributed by atoms with Crippen molar-refractivity contribution >= 4 is 16.0 Å². The van der Waals surface area contributed by atoms with Gasteiger partial charge in [-0.15, -0.1) is 0 Å². The molecule has 1 heterocycles. The molecule has 0 saturated heterocycles. The number of aromatic nitrogens is 2. The minimum absolute atomic E-state index is 0.0583. The summed E-state index contributed by atoms with van der Waals surface area (Å²) < 4.78 is 23.2. The molecule has 0 amide bonds. The molecule has 1 aromatic heterocycles. The van der Waals surface area contributed by atoms with Gasteiger partial charge in [-0.1, -0.05) is 6.07 Å². The first-order valence-corrected chi connectivity index (χ1v) is 6.62. The fourth-order valence-corrected chi connectivity index (χ4v) is 2.55. The van der Waals surface area contributed by atoms with Gasteiger partial charge in [0.05, 0.1) is 5.56 Å². The lowest BCUT2D eigenvalue weighted by atomic mass is 10.1. The number of hydrogen-bond acceptors (Lipinski definition) is 5. The Balaban J connectivity index is 2.83. The van der Waals surface area contributed by atoms with Crippen molar-refractivity contribution in [3.05, 3.63) is 42.2 Å². The first kappa shape index (κ1) is 13.1. The van der Waals surface area contributed by atoms with Crippen LogP contribution in [-0.2, 0) is 10.0 Å². The van der Waals surface area contributed by atoms with Crippen molar-refractivity contribution in [1.82, 2.24) is 9.97 Å². The average Bonchev–Trinajstić information content (AvgIpc) is 2.38. The van der Waals surface area contributed by atoms with Crippen molar-refractivity contribution in [2.45, 2.75) is 4.90 Å². The lowest BCUT2D eigenvalue weighted by Crippen LogP contribution is -2.18. The zero-order valence-electron chi connectivity index (χ0n) is 9.52. The summed E-state index contributed by atoms with van der Waals surface area (Å²) in [5.74, 6) is -1.29. The van der Waals surface area contributed by atoms with Gasteiger partial charge in [0, 0.05) is 18.0 Å². The second-order valence-electron chi connectivity index (χ2n) is 3.60. The lowest BCUT2D eigenvalue weighted by molar-refractivity contribution is 0.0692. The molecule has 0 atom stereocenters. The van der Waals surface area contributed by atoms with E-state index in [-0.39, 0.29) is 11.4 Å². The van der Waals surface area contributed by atoms with Gasteiger partial charge in [0.2, 0.25) is 10.0 Å². The monoisotopic (exact) mass is 279 g/mol. The molecule has 0 aliphatic heterocycles. The Morgan fingerprint density at radius 3 is 2.32 bits per heavy atom. The topological polar surface area (TPSA) is 123 Å². The molecule has 0 aliphatic rings. The summed E-state index contributed by atoms with van der Waals surface area (Å²) in [5.41, 5.74) is -0.351. The van der Waals surface area contributed by atoms with Crippen LogP contribution in [0.1, 0.15) is 10.4 Å². The quantitative estimate of drug-likeness (QED) is 0.842. The van der Waals surface area contributed by atoms with Crippen LogP contribution in [0.3, 0.4) is 0 Å². The number of carboxylic acids is 1. The van der Waals surface area contributed by atoms with E-state index >= 15 is 0 Å². The summed E-state index contributed by atoms with van der Waals surface area (Å²) in [4.78, 5) is 18.4. The van der Waals surface area contributed by atoms with E-state index in [0.29, 0.717) is 0 Å². The summed E-state index contributed by atoms with van der Waals surface area (Å²) in [6.07, 6.45) is 2.84. The zero-order chi connectivity index (χ0) is 14.0. The van der Waals surface area contributed by atoms with E-state index in [0.717, 1.165) is 6.07 Å². The van der Waals surface area contributed by atoms with Crippen LogP contribution in [0.5, 0.6) is 0 Å². The minimum atomic E-state index is -4.22. The average molecular weight is 279 g/mol. The Labute approximate surface area is 108 Å². The number of carbonyl (C=O) groups is 1. The molecule has 0 saturated carbocycles. The van der Waals surface area contributed by atoms with E-state index in [1.165, 1.54) is 24.5 Å². The summed E-state index contributed by atoms with van der Waals surface area (Å²) in [7, 11) is -4.22. The highest BCUT2D eigenvalue weighted by Crippen LogP contribution is 2.26. The molecule has 3 N–H and O–H groups in total. The first-order chi connectivity index (χ1) is 8.91. The number of nitrogens with two attached hydrogens (primary N) is 1. The third-order valence-corrected chi connectivity index (χ3v) is 3.35. The lowest BCUT2D eigenvalue weighted by Gasteiger charge is -2.09. The molecule has 8 heteroatoms. The third-order valence-electron chi connectivity index (χ3n) is 2.34. The number of benzene rings is 1. The second-order valence-corrected chi connectivity index (χ2v) is 5.10. The maximum atomic E-state index is 11.6. The molecule has 0 radical (unpaired) electrons. The smallest absolute Gasteiger partial charge is 0.337 e. The van der Waals surface area contributed by atoms with Gasteiger partial charge in [-0.3, -0.25) is 0 Å². The van der Waals surface area contributed by atoms with Crippen molar-refractivity contribution < 1.29 is 18.3 Å². The highest BCUT2D eigenvalue weighted by Gasteiger charge is 2.24. The van der Waals surface area contributed by atoms with Gasteiger partial charge in [-0.2, -0.15) is 0 Å². The maximum absolute atomic E-state index is 11.6. The molecular weight excluding hydrogens is 270 g/mol. The molecule has 0 fully saturated rings. The van der Waals surface area contributed by atoms with Gasteiger partial charge in [-0.05, 0) is 18.2 Å². The molecule has 2 rings (SSSR count). The van der Waals surface area contributed by atoms with Crippen molar-refractivity contribution in [3.8, 4) is 11.4 Å².